The minimum atomic E-state index is -0.983. The SMILES string of the molecule is CCCC=NCC(CCC)S[Si](C)(C)C. The Morgan fingerprint density at radius 3 is 2.33 bits per heavy atom. The van der Waals surface area contributed by atoms with Crippen molar-refractivity contribution >= 4 is 24.6 Å². The van der Waals surface area contributed by atoms with Crippen molar-refractivity contribution in [1.82, 2.24) is 0 Å². The molecule has 0 saturated heterocycles. The summed E-state index contributed by atoms with van der Waals surface area (Å²) in [4.78, 5) is 4.54. The predicted octanol–water partition coefficient (Wildman–Crippen LogP) is 4.59. The lowest BCUT2D eigenvalue weighted by molar-refractivity contribution is 0.747. The molecule has 0 aromatic heterocycles. The van der Waals surface area contributed by atoms with Gasteiger partial charge in [-0.1, -0.05) is 46.3 Å². The smallest absolute Gasteiger partial charge is 0.108 e. The standard InChI is InChI=1S/C12H27NSSi/c1-6-8-10-13-11-12(9-7-2)14-15(3,4)5/h10,12H,6-9,11H2,1-5H3. The molecule has 0 bridgehead atoms. The van der Waals surface area contributed by atoms with Crippen molar-refractivity contribution in [2.75, 3.05) is 6.54 Å². The van der Waals surface area contributed by atoms with Crippen LogP contribution < -0.4 is 0 Å². The lowest BCUT2D eigenvalue weighted by Crippen LogP contribution is -2.22. The molecular weight excluding hydrogens is 218 g/mol. The Morgan fingerprint density at radius 1 is 1.20 bits per heavy atom. The minimum absolute atomic E-state index is 0.759. The topological polar surface area (TPSA) is 12.4 Å². The second-order valence-corrected chi connectivity index (χ2v) is 14.5. The van der Waals surface area contributed by atoms with Gasteiger partial charge in [-0.2, -0.15) is 11.2 Å². The predicted molar refractivity (Wildman–Crippen MR) is 77.9 cm³/mol. The molecule has 1 unspecified atom stereocenters. The zero-order chi connectivity index (χ0) is 11.7. The maximum Gasteiger partial charge on any atom is 0.108 e. The lowest BCUT2D eigenvalue weighted by atomic mass is 10.2. The normalized spacial score (nSPS) is 14.7. The van der Waals surface area contributed by atoms with Crippen LogP contribution >= 0.6 is 11.2 Å². The van der Waals surface area contributed by atoms with Crippen LogP contribution in [-0.2, 0) is 0 Å². The summed E-state index contributed by atoms with van der Waals surface area (Å²) in [5.41, 5.74) is 0. The first kappa shape index (κ1) is 15.2. The van der Waals surface area contributed by atoms with Gasteiger partial charge in [-0.15, -0.1) is 0 Å². The number of hydrogen-bond donors (Lipinski definition) is 0. The van der Waals surface area contributed by atoms with Crippen LogP contribution in [0.5, 0.6) is 0 Å². The highest BCUT2D eigenvalue weighted by Gasteiger charge is 2.19. The molecule has 0 amide bonds. The highest BCUT2D eigenvalue weighted by atomic mass is 32.4. The molecule has 0 saturated carbocycles. The van der Waals surface area contributed by atoms with E-state index >= 15 is 0 Å². The number of aliphatic imine (C=N–C) groups is 1. The minimum Gasteiger partial charge on any atom is -0.296 e. The molecule has 0 aromatic carbocycles. The molecule has 0 aliphatic heterocycles. The van der Waals surface area contributed by atoms with Gasteiger partial charge in [-0.25, -0.2) is 0 Å². The van der Waals surface area contributed by atoms with Crippen LogP contribution in [0.4, 0.5) is 0 Å². The van der Waals surface area contributed by atoms with Gasteiger partial charge in [0, 0.05) is 11.8 Å². The van der Waals surface area contributed by atoms with Gasteiger partial charge in [0.25, 0.3) is 0 Å². The average molecular weight is 246 g/mol. The van der Waals surface area contributed by atoms with E-state index in [2.05, 4.69) is 55.9 Å². The molecule has 0 rings (SSSR count). The van der Waals surface area contributed by atoms with E-state index in [0.29, 0.717) is 0 Å². The second-order valence-electron chi connectivity index (χ2n) is 4.98. The quantitative estimate of drug-likeness (QED) is 0.450. The van der Waals surface area contributed by atoms with Crippen LogP contribution in [0.2, 0.25) is 19.6 Å². The first-order chi connectivity index (χ1) is 6.99. The summed E-state index contributed by atoms with van der Waals surface area (Å²) >= 11 is 2.21. The zero-order valence-corrected chi connectivity index (χ0v) is 12.9. The summed E-state index contributed by atoms with van der Waals surface area (Å²) in [6.07, 6.45) is 7.05. The Balaban J connectivity index is 3.93. The van der Waals surface area contributed by atoms with Gasteiger partial charge < -0.3 is 0 Å². The van der Waals surface area contributed by atoms with Crippen molar-refractivity contribution in [2.45, 2.75) is 64.4 Å². The Kier molecular flexibility index (Phi) is 8.53. The van der Waals surface area contributed by atoms with Gasteiger partial charge >= 0.3 is 0 Å². The third-order valence-electron chi connectivity index (χ3n) is 1.99. The fourth-order valence-corrected chi connectivity index (χ4v) is 6.51. The summed E-state index contributed by atoms with van der Waals surface area (Å²) in [6, 6.07) is 0. The maximum absolute atomic E-state index is 4.54. The molecule has 1 atom stereocenters. The largest absolute Gasteiger partial charge is 0.296 e. The molecular formula is C12H27NSSi. The molecule has 1 nitrogen and oxygen atoms in total. The number of unbranched alkanes of at least 4 members (excludes halogenated alkanes) is 1. The van der Waals surface area contributed by atoms with E-state index in [1.165, 1.54) is 19.3 Å². The molecule has 0 aromatic rings. The Morgan fingerprint density at radius 2 is 1.87 bits per heavy atom. The van der Waals surface area contributed by atoms with Gasteiger partial charge in [0.15, 0.2) is 0 Å². The van der Waals surface area contributed by atoms with E-state index in [1.54, 1.807) is 0 Å². The van der Waals surface area contributed by atoms with Crippen LogP contribution in [-0.4, -0.2) is 25.2 Å². The lowest BCUT2D eigenvalue weighted by Gasteiger charge is -2.22. The Hall–Kier alpha value is 0.237. The van der Waals surface area contributed by atoms with Crippen molar-refractivity contribution in [2.24, 2.45) is 4.99 Å². The van der Waals surface area contributed by atoms with Crippen molar-refractivity contribution in [3.05, 3.63) is 0 Å². The highest BCUT2D eigenvalue weighted by Crippen LogP contribution is 2.27. The first-order valence-electron chi connectivity index (χ1n) is 6.15. The van der Waals surface area contributed by atoms with Crippen LogP contribution in [0, 0.1) is 0 Å². The zero-order valence-electron chi connectivity index (χ0n) is 11.0. The Bertz CT molecular complexity index is 175. The van der Waals surface area contributed by atoms with Crippen molar-refractivity contribution < 1.29 is 0 Å². The van der Waals surface area contributed by atoms with Gasteiger partial charge in [-0.3, -0.25) is 4.99 Å². The molecule has 0 heterocycles. The fraction of sp³-hybridized carbons (Fsp3) is 0.917. The fourth-order valence-electron chi connectivity index (χ4n) is 1.42. The van der Waals surface area contributed by atoms with Crippen molar-refractivity contribution in [3.8, 4) is 0 Å². The summed E-state index contributed by atoms with van der Waals surface area (Å²) in [5.74, 6) is 0. The van der Waals surface area contributed by atoms with Crippen LogP contribution in [0.1, 0.15) is 39.5 Å². The number of nitrogens with zero attached hydrogens (tertiary/aromatic N) is 1. The third-order valence-corrected chi connectivity index (χ3v) is 6.53. The van der Waals surface area contributed by atoms with Gasteiger partial charge in [-0.05, 0) is 19.1 Å². The van der Waals surface area contributed by atoms with E-state index in [-0.39, 0.29) is 0 Å². The monoisotopic (exact) mass is 245 g/mol. The van der Waals surface area contributed by atoms with Crippen LogP contribution in [0.3, 0.4) is 0 Å². The summed E-state index contributed by atoms with van der Waals surface area (Å²) < 4.78 is 0. The molecule has 0 fully saturated rings. The van der Waals surface area contributed by atoms with Crippen molar-refractivity contribution in [3.63, 3.8) is 0 Å². The molecule has 0 spiro atoms. The number of rotatable bonds is 8. The van der Waals surface area contributed by atoms with E-state index in [9.17, 15) is 0 Å². The summed E-state index contributed by atoms with van der Waals surface area (Å²) in [5, 5.41) is 0.759. The maximum atomic E-state index is 4.54. The number of hydrogen-bond acceptors (Lipinski definition) is 2. The Labute approximate surface area is 101 Å². The molecule has 0 radical (unpaired) electrons. The van der Waals surface area contributed by atoms with Crippen LogP contribution in [0.25, 0.3) is 0 Å². The second kappa shape index (κ2) is 8.40. The molecule has 3 heteroatoms. The van der Waals surface area contributed by atoms with E-state index < -0.39 is 7.22 Å². The summed E-state index contributed by atoms with van der Waals surface area (Å²) in [6.45, 7) is 12.8. The van der Waals surface area contributed by atoms with E-state index in [0.717, 1.165) is 18.2 Å². The van der Waals surface area contributed by atoms with Crippen molar-refractivity contribution in [1.29, 1.82) is 0 Å². The third kappa shape index (κ3) is 10.5. The molecule has 0 N–H and O–H groups in total. The summed E-state index contributed by atoms with van der Waals surface area (Å²) in [7, 11) is -0.983. The average Bonchev–Trinajstić information content (AvgIpc) is 2.10. The molecule has 90 valence electrons. The van der Waals surface area contributed by atoms with E-state index in [4.69, 9.17) is 0 Å². The van der Waals surface area contributed by atoms with Gasteiger partial charge in [0.2, 0.25) is 0 Å². The first-order valence-corrected chi connectivity index (χ1v) is 11.3. The van der Waals surface area contributed by atoms with Gasteiger partial charge in [0.1, 0.15) is 7.22 Å². The highest BCUT2D eigenvalue weighted by molar-refractivity contribution is 8.29. The van der Waals surface area contributed by atoms with Crippen LogP contribution in [0.15, 0.2) is 4.99 Å². The van der Waals surface area contributed by atoms with Gasteiger partial charge in [0.05, 0.1) is 0 Å². The van der Waals surface area contributed by atoms with E-state index in [1.807, 2.05) is 0 Å². The molecule has 15 heavy (non-hydrogen) atoms. The molecule has 0 aliphatic rings. The molecule has 0 aliphatic carbocycles.